The van der Waals surface area contributed by atoms with E-state index in [2.05, 4.69) is 36.2 Å². The summed E-state index contributed by atoms with van der Waals surface area (Å²) in [5.74, 6) is -2.14. The molecule has 1 saturated heterocycles. The van der Waals surface area contributed by atoms with Crippen LogP contribution >= 0.6 is 18.2 Å². The van der Waals surface area contributed by atoms with E-state index in [1.165, 1.54) is 18.5 Å². The Balaban J connectivity index is 1.07. The number of aromatic nitrogens is 4. The average Bonchev–Trinajstić information content (AvgIpc) is 3.96. The van der Waals surface area contributed by atoms with Gasteiger partial charge in [0.25, 0.3) is 11.8 Å². The summed E-state index contributed by atoms with van der Waals surface area (Å²) in [6.07, 6.45) is 7.86. The zero-order chi connectivity index (χ0) is 44.1. The van der Waals surface area contributed by atoms with Gasteiger partial charge in [0.05, 0.1) is 19.0 Å². The Bertz CT molecular complexity index is 2120. The van der Waals surface area contributed by atoms with Crippen LogP contribution in [-0.2, 0) is 43.6 Å². The Morgan fingerprint density at radius 1 is 1.00 bits per heavy atom. The zero-order valence-electron chi connectivity index (χ0n) is 33.9. The largest absolute Gasteiger partial charge is 0.386 e. The third kappa shape index (κ3) is 13.8. The number of imidazole rings is 1. The Hall–Kier alpha value is -5.41. The molecule has 2 aliphatic rings. The van der Waals surface area contributed by atoms with Crippen LogP contribution in [0.2, 0.25) is 0 Å². The molecule has 1 aromatic carbocycles. The summed E-state index contributed by atoms with van der Waals surface area (Å²) in [5, 5.41) is 10.7. The number of unbranched alkanes of at least 4 members (excludes halogenated alkanes) is 2. The van der Waals surface area contributed by atoms with Gasteiger partial charge in [-0.05, 0) is 73.5 Å². The molecule has 5 rings (SSSR count). The van der Waals surface area contributed by atoms with Crippen LogP contribution in [0.5, 0.6) is 0 Å². The molecule has 0 saturated carbocycles. The van der Waals surface area contributed by atoms with Gasteiger partial charge in [0.15, 0.2) is 11.5 Å². The number of benzene rings is 1. The lowest BCUT2D eigenvalue weighted by atomic mass is 10.0. The Kier molecular flexibility index (Phi) is 16.8. The zero-order valence-corrected chi connectivity index (χ0v) is 35.6. The van der Waals surface area contributed by atoms with Crippen molar-refractivity contribution in [3.8, 4) is 0 Å². The average molecular weight is 886 g/mol. The quantitative estimate of drug-likeness (QED) is 0.0409. The maximum Gasteiger partial charge on any atom is 0.386 e. The van der Waals surface area contributed by atoms with Crippen molar-refractivity contribution in [2.45, 2.75) is 95.4 Å². The normalized spacial score (nSPS) is 18.3. The molecule has 4 heterocycles. The van der Waals surface area contributed by atoms with Crippen LogP contribution in [0.4, 0.5) is 16.3 Å². The van der Waals surface area contributed by atoms with E-state index in [1.54, 1.807) is 49.0 Å². The molecule has 0 radical (unpaired) electrons. The number of nitrogens with zero attached hydrogens (tertiary/aromatic N) is 5. The topological polar surface area (TPSA) is 305 Å². The molecule has 2 aliphatic heterocycles. The predicted octanol–water partition coefficient (Wildman–Crippen LogP) is 2.63. The monoisotopic (exact) mass is 885 g/mol. The highest BCUT2D eigenvalue weighted by atomic mass is 32.7. The van der Waals surface area contributed by atoms with Crippen molar-refractivity contribution in [1.82, 2.24) is 40.4 Å². The Morgan fingerprint density at radius 3 is 2.44 bits per heavy atom. The van der Waals surface area contributed by atoms with Crippen molar-refractivity contribution < 1.29 is 47.5 Å². The maximum atomic E-state index is 13.5. The Labute approximate surface area is 355 Å². The summed E-state index contributed by atoms with van der Waals surface area (Å²) in [6.45, 7) is -0.240. The van der Waals surface area contributed by atoms with Crippen molar-refractivity contribution in [1.29, 1.82) is 0 Å². The van der Waals surface area contributed by atoms with Gasteiger partial charge in [-0.1, -0.05) is 32.4 Å². The van der Waals surface area contributed by atoms with Crippen LogP contribution < -0.4 is 32.7 Å². The maximum absolute atomic E-state index is 13.5. The molecule has 3 aromatic rings. The van der Waals surface area contributed by atoms with Crippen molar-refractivity contribution in [3.63, 3.8) is 0 Å². The summed E-state index contributed by atoms with van der Waals surface area (Å²) in [4.78, 5) is 98.6. The van der Waals surface area contributed by atoms with Crippen LogP contribution in [0, 0.1) is 5.92 Å². The highest BCUT2D eigenvalue weighted by Gasteiger charge is 2.32. The summed E-state index contributed by atoms with van der Waals surface area (Å²) in [6, 6.07) is 3.84. The number of amides is 7. The summed E-state index contributed by atoms with van der Waals surface area (Å²) in [5.41, 5.74) is 13.1. The van der Waals surface area contributed by atoms with Crippen molar-refractivity contribution >= 4 is 76.4 Å². The second-order valence-electron chi connectivity index (χ2n) is 14.9. The number of nitrogen functional groups attached to an aromatic ring is 1. The minimum Gasteiger partial charge on any atom is -0.382 e. The fraction of sp³-hybridized carbons (Fsp3) is 0.500. The molecule has 7 amide bonds. The first kappa shape index (κ1) is 46.7. The first-order valence-corrected chi connectivity index (χ1v) is 23.0. The highest BCUT2D eigenvalue weighted by Crippen LogP contribution is 2.57. The van der Waals surface area contributed by atoms with E-state index < -0.39 is 49.1 Å². The highest BCUT2D eigenvalue weighted by molar-refractivity contribution is 8.54. The van der Waals surface area contributed by atoms with E-state index >= 15 is 0 Å². The van der Waals surface area contributed by atoms with Crippen LogP contribution in [0.15, 0.2) is 49.1 Å². The van der Waals surface area contributed by atoms with E-state index in [1.807, 2.05) is 0 Å². The molecular weight excluding hydrogens is 834 g/mol. The number of carbonyl (C=O) groups excluding carboxylic acids is 6. The predicted molar refractivity (Wildman–Crippen MR) is 225 cm³/mol. The summed E-state index contributed by atoms with van der Waals surface area (Å²) >= 11 is 0.740. The van der Waals surface area contributed by atoms with E-state index in [0.717, 1.165) is 16.3 Å². The van der Waals surface area contributed by atoms with E-state index in [0.29, 0.717) is 60.9 Å². The smallest absolute Gasteiger partial charge is 0.382 e. The second-order valence-corrected chi connectivity index (χ2v) is 18.8. The van der Waals surface area contributed by atoms with Gasteiger partial charge in [-0.15, -0.1) is 0 Å². The fourth-order valence-corrected chi connectivity index (χ4v) is 8.87. The van der Waals surface area contributed by atoms with Crippen molar-refractivity contribution in [2.75, 3.05) is 30.7 Å². The van der Waals surface area contributed by atoms with E-state index in [9.17, 15) is 38.2 Å². The number of fused-ring (bicyclic) bond motifs is 1. The molecule has 61 heavy (non-hydrogen) atoms. The number of rotatable bonds is 23. The number of hydrogen-bond acceptors (Lipinski definition) is 14. The minimum atomic E-state index is -4.07. The number of ether oxygens (including phenoxy) is 1. The first-order valence-electron chi connectivity index (χ1n) is 19.9. The number of anilines is 2. The van der Waals surface area contributed by atoms with Gasteiger partial charge in [0.2, 0.25) is 17.7 Å². The van der Waals surface area contributed by atoms with Crippen molar-refractivity contribution in [3.05, 3.63) is 54.6 Å². The fourth-order valence-electron chi connectivity index (χ4n) is 6.59. The summed E-state index contributed by atoms with van der Waals surface area (Å²) in [7, 11) is 0. The molecule has 23 heteroatoms. The van der Waals surface area contributed by atoms with Gasteiger partial charge < -0.3 is 42.4 Å². The lowest BCUT2D eigenvalue weighted by molar-refractivity contribution is -0.137. The van der Waals surface area contributed by atoms with Gasteiger partial charge in [0, 0.05) is 43.1 Å². The van der Waals surface area contributed by atoms with Gasteiger partial charge in [-0.2, -0.15) is 0 Å². The molecule has 0 spiro atoms. The number of imide groups is 1. The number of primary amides is 1. The van der Waals surface area contributed by atoms with E-state index in [-0.39, 0.29) is 67.7 Å². The molecule has 5 atom stereocenters. The van der Waals surface area contributed by atoms with Crippen LogP contribution in [0.3, 0.4) is 0 Å². The number of nitrogens with one attached hydrogen (secondary N) is 4. The third-order valence-corrected chi connectivity index (χ3v) is 12.8. The lowest BCUT2D eigenvalue weighted by Gasteiger charge is -2.25. The Morgan fingerprint density at radius 2 is 1.74 bits per heavy atom. The lowest BCUT2D eigenvalue weighted by Crippen LogP contribution is -2.54. The molecule has 3 unspecified atom stereocenters. The molecule has 9 N–H and O–H groups in total. The van der Waals surface area contributed by atoms with Crippen LogP contribution in [0.1, 0.15) is 77.0 Å². The number of nitrogens with two attached hydrogens (primary N) is 2. The second kappa shape index (κ2) is 21.9. The van der Waals surface area contributed by atoms with Gasteiger partial charge >= 0.3 is 12.8 Å². The molecular formula is C38H52N11O10PS. The third-order valence-electron chi connectivity index (χ3n) is 9.88. The summed E-state index contributed by atoms with van der Waals surface area (Å²) < 4.78 is 26.1. The molecule has 0 aliphatic carbocycles. The first-order chi connectivity index (χ1) is 29.1. The van der Waals surface area contributed by atoms with Gasteiger partial charge in [-0.25, -0.2) is 24.3 Å². The van der Waals surface area contributed by atoms with Crippen molar-refractivity contribution in [2.24, 2.45) is 11.7 Å². The van der Waals surface area contributed by atoms with Gasteiger partial charge in [-0.3, -0.25) is 38.0 Å². The molecule has 21 nitrogen and oxygen atoms in total. The minimum absolute atomic E-state index is 0.0975. The number of carbonyl (C=O) groups is 6. The standard InChI is InChI=1S/C38H52N11O10PS/c1-23(2)32(47-28(50)8-4-3-5-18-48-29(51)14-15-30(48)52)37(54)46-27(7-6-17-41-38(40)55)36(53)45-25-11-9-24(10-12-25)20-61-60(56,57)58-19-26-13-16-31(59-26)49-22-44-33-34(39)42-21-43-35(33)49/h9-12,14-15,21-23,26-27,31-32H,3-8,13,16-20H2,1-2H3,(H,45,53)(H,46,54)(H,47,50)(H,56,57)(H2,39,42,43)(H3,40,41,55)/t26-,27?,31+,32?/m0/s1. The number of hydrogen-bond donors (Lipinski definition) is 7. The van der Waals surface area contributed by atoms with E-state index in [4.69, 9.17) is 20.7 Å². The van der Waals surface area contributed by atoms with Gasteiger partial charge in [0.1, 0.15) is 30.2 Å². The molecule has 0 bridgehead atoms. The molecule has 2 aromatic heterocycles. The molecule has 330 valence electrons. The number of urea groups is 1. The SMILES string of the molecule is CC(C)C(NC(=O)CCCCCN1C(=O)C=CC1=O)C(=O)NC(CCCNC(N)=O)C(=O)Nc1ccc(CSP(=O)(O)OC[C@@H]2CC[C@H](n3cnc4c(N)ncnc43)O2)cc1. The van der Waals surface area contributed by atoms with Crippen LogP contribution in [0.25, 0.3) is 11.2 Å². The van der Waals surface area contributed by atoms with Crippen LogP contribution in [-0.4, -0.2) is 103 Å². The molecule has 1 fully saturated rings.